The Balaban J connectivity index is 0.824. The van der Waals surface area contributed by atoms with Crippen LogP contribution in [0, 0.1) is 18.8 Å². The molecule has 13 N–H and O–H groups in total. The van der Waals surface area contributed by atoms with E-state index in [1.165, 1.54) is 42.2 Å². The molecule has 5 saturated heterocycles. The van der Waals surface area contributed by atoms with Crippen molar-refractivity contribution in [1.82, 2.24) is 57.7 Å². The summed E-state index contributed by atoms with van der Waals surface area (Å²) < 4.78 is 116. The Bertz CT molecular complexity index is 4970. The van der Waals surface area contributed by atoms with Gasteiger partial charge in [-0.05, 0) is 65.0 Å². The number of H-pyrrole nitrogens is 4. The summed E-state index contributed by atoms with van der Waals surface area (Å²) in [6.45, 7) is -16.1. The Morgan fingerprint density at radius 3 is 1.63 bits per heavy atom. The van der Waals surface area contributed by atoms with Crippen LogP contribution in [-0.4, -0.2) is 190 Å². The number of imidazole rings is 1. The van der Waals surface area contributed by atoms with E-state index >= 15 is 0 Å². The number of nitrogens with two attached hydrogens (primary N) is 4. The lowest BCUT2D eigenvalue weighted by atomic mass is 9.89. The molecule has 6 aromatic heterocycles. The Hall–Kier alpha value is -5.12. The van der Waals surface area contributed by atoms with Crippen LogP contribution in [0.4, 0.5) is 17.6 Å². The van der Waals surface area contributed by atoms with Crippen molar-refractivity contribution in [2.45, 2.75) is 139 Å². The molecule has 5 fully saturated rings. The van der Waals surface area contributed by atoms with Gasteiger partial charge in [0.1, 0.15) is 80.6 Å². The molecule has 602 valence electrons. The normalized spacial score (nSPS) is 28.0. The van der Waals surface area contributed by atoms with E-state index in [2.05, 4.69) is 50.8 Å². The number of ether oxygens (including phenoxy) is 7. The quantitative estimate of drug-likeness (QED) is 0.0119. The lowest BCUT2D eigenvalue weighted by Gasteiger charge is -2.36. The zero-order valence-corrected chi connectivity index (χ0v) is 66.1. The van der Waals surface area contributed by atoms with E-state index in [9.17, 15) is 57.8 Å². The molecule has 4 unspecified atom stereocenters. The first-order chi connectivity index (χ1) is 51.6. The van der Waals surface area contributed by atoms with E-state index in [1.54, 1.807) is 0 Å². The van der Waals surface area contributed by atoms with Crippen LogP contribution in [0.1, 0.15) is 82.7 Å². The molecule has 0 spiro atoms. The molecule has 109 heavy (non-hydrogen) atoms. The van der Waals surface area contributed by atoms with Crippen molar-refractivity contribution < 1.29 is 93.3 Å². The van der Waals surface area contributed by atoms with Crippen LogP contribution in [0.15, 0.2) is 79.7 Å². The largest absolute Gasteiger partial charge is 0.780 e. The van der Waals surface area contributed by atoms with Crippen molar-refractivity contribution in [3.63, 3.8) is 0 Å². The van der Waals surface area contributed by atoms with Crippen LogP contribution < -0.4 is 77.8 Å². The second-order valence-corrected chi connectivity index (χ2v) is 37.4. The Labute approximate surface area is 643 Å². The number of aryl methyl sites for hydroxylation is 1. The summed E-state index contributed by atoms with van der Waals surface area (Å²) >= 11 is 25.4. The zero-order valence-electron chi connectivity index (χ0n) is 57.7. The average molecular weight is 1750 g/mol. The van der Waals surface area contributed by atoms with Gasteiger partial charge in [0.05, 0.1) is 101 Å². The van der Waals surface area contributed by atoms with Crippen LogP contribution in [0.5, 0.6) is 0 Å². The van der Waals surface area contributed by atoms with Crippen molar-refractivity contribution in [1.29, 1.82) is 0 Å². The van der Waals surface area contributed by atoms with E-state index in [4.69, 9.17) is 144 Å². The van der Waals surface area contributed by atoms with Crippen LogP contribution in [0.2, 0.25) is 0 Å². The van der Waals surface area contributed by atoms with E-state index in [1.807, 2.05) is 13.8 Å². The van der Waals surface area contributed by atoms with Gasteiger partial charge in [0.25, 0.3) is 16.7 Å². The highest BCUT2D eigenvalue weighted by Crippen LogP contribution is 2.56. The second kappa shape index (κ2) is 36.1. The molecule has 5 aliphatic rings. The average Bonchev–Trinajstić information content (AvgIpc) is 1.61. The van der Waals surface area contributed by atoms with Crippen LogP contribution in [0.25, 0.3) is 11.2 Å². The molecule has 0 aliphatic carbocycles. The maximum absolute atomic E-state index is 14.9. The summed E-state index contributed by atoms with van der Waals surface area (Å²) in [7, 11) is 0. The molecule has 6 aromatic rings. The van der Waals surface area contributed by atoms with Gasteiger partial charge in [-0.25, -0.2) is 28.5 Å². The monoisotopic (exact) mass is 1750 g/mol. The van der Waals surface area contributed by atoms with Gasteiger partial charge >= 0.3 is 35.2 Å². The summed E-state index contributed by atoms with van der Waals surface area (Å²) in [5.41, 5.74) is 15.9. The molecular weight excluding hydrogens is 1680 g/mol. The van der Waals surface area contributed by atoms with E-state index in [-0.39, 0.29) is 104 Å². The minimum atomic E-state index is -4.96. The number of anilines is 3. The third-order valence-corrected chi connectivity index (χ3v) is 25.4. The van der Waals surface area contributed by atoms with Gasteiger partial charge in [-0.2, -0.15) is 15.0 Å². The SMILES string of the molecule is Cc1cn([C@H]2C[C@@H](OP(=S)(OCCOCCOCCN)OC[C@H]3O[C@@H](n4ccc(N)nc4=O)C[C@H]3C(C)C)[C@@H](COP([O-])(=S)O[C@@H]3C[C@H](n4c(=O)[nH]c5c(=O)[nH]c(N)nc54)O[C@@H]3COP([O-])(=S)O[C@@H]3C[C@H](n4ccc(N)nc4=O)O[C@@H]3COP(=O)([S-])O[C@@H]3C[C@H](n4cc(Br)c(=O)[nH]c4=O)O[C@@H]3CO)O2)c(=O)[nH]c1=O. The smallest absolute Gasteiger partial charge is 0.351 e. The molecule has 11 rings (SSSR count). The fraction of sp³-hybridized carbons (Fsp3) is 0.625. The van der Waals surface area contributed by atoms with Crippen molar-refractivity contribution >= 4 is 119 Å². The second-order valence-electron chi connectivity index (χ2n) is 25.5. The molecule has 0 amide bonds. The Morgan fingerprint density at radius 2 is 1.06 bits per heavy atom. The number of halogens is 1. The number of nitrogens with one attached hydrogen (secondary N) is 4. The highest BCUT2D eigenvalue weighted by atomic mass is 79.9. The number of fused-ring (bicyclic) bond motifs is 1. The molecule has 53 heteroatoms. The molecule has 0 radical (unpaired) electrons. The van der Waals surface area contributed by atoms with Crippen molar-refractivity contribution in [2.24, 2.45) is 17.6 Å². The van der Waals surface area contributed by atoms with E-state index in [0.29, 0.717) is 13.0 Å². The number of hydrogen-bond donors (Lipinski definition) is 9. The van der Waals surface area contributed by atoms with Gasteiger partial charge in [-0.3, -0.25) is 57.2 Å². The Morgan fingerprint density at radius 1 is 0.587 bits per heavy atom. The number of hydrogen-bond acceptors (Lipinski definition) is 39. The Kier molecular flexibility index (Phi) is 28.1. The zero-order chi connectivity index (χ0) is 78.6. The first-order valence-electron chi connectivity index (χ1n) is 33.3. The van der Waals surface area contributed by atoms with Gasteiger partial charge < -0.3 is 124 Å². The number of aromatic amines is 4. The van der Waals surface area contributed by atoms with Gasteiger partial charge in [0, 0.05) is 62.6 Å². The number of nitrogen functional groups attached to an aromatic ring is 3. The van der Waals surface area contributed by atoms with Crippen molar-refractivity contribution in [3.8, 4) is 0 Å². The van der Waals surface area contributed by atoms with Crippen LogP contribution in [0.3, 0.4) is 0 Å². The van der Waals surface area contributed by atoms with Gasteiger partial charge in [0.2, 0.25) is 5.95 Å². The van der Waals surface area contributed by atoms with Crippen LogP contribution >= 0.6 is 42.9 Å². The lowest BCUT2D eigenvalue weighted by molar-refractivity contribution is -0.219. The predicted molar refractivity (Wildman–Crippen MR) is 392 cm³/mol. The van der Waals surface area contributed by atoms with Gasteiger partial charge in [0.15, 0.2) is 18.0 Å². The maximum atomic E-state index is 14.9. The molecular formula is C56H76BrN16O28P4S4-3. The number of aromatic nitrogens is 12. The fourth-order valence-corrected chi connectivity index (χ4v) is 19.3. The van der Waals surface area contributed by atoms with Gasteiger partial charge in [-0.15, -0.1) is 0 Å². The number of nitrogens with zero attached hydrogens (tertiary/aromatic N) is 8. The highest BCUT2D eigenvalue weighted by Gasteiger charge is 2.48. The number of aliphatic hydroxyl groups excluding tert-OH is 1. The molecule has 11 heterocycles. The lowest BCUT2D eigenvalue weighted by Crippen LogP contribution is -2.34. The number of aliphatic hydroxyl groups is 1. The summed E-state index contributed by atoms with van der Waals surface area (Å²) in [6.07, 6.45) is -14.1. The highest BCUT2D eigenvalue weighted by molar-refractivity contribution is 9.10. The maximum Gasteiger partial charge on any atom is 0.351 e. The minimum Gasteiger partial charge on any atom is -0.780 e. The van der Waals surface area contributed by atoms with Crippen molar-refractivity contribution in [2.75, 3.05) is 89.8 Å². The van der Waals surface area contributed by atoms with Crippen molar-refractivity contribution in [3.05, 3.63) is 130 Å². The summed E-state index contributed by atoms with van der Waals surface area (Å²) in [5, 5.41) is 10.2. The fourth-order valence-electron chi connectivity index (χ4n) is 12.5. The first kappa shape index (κ1) is 84.8. The van der Waals surface area contributed by atoms with E-state index < -0.39 is 197 Å². The molecule has 0 bridgehead atoms. The predicted octanol–water partition coefficient (Wildman–Crippen LogP) is -1.79. The summed E-state index contributed by atoms with van der Waals surface area (Å²) in [6, 6.07) is 2.72. The molecule has 19 atom stereocenters. The summed E-state index contributed by atoms with van der Waals surface area (Å²) in [4.78, 5) is 154. The van der Waals surface area contributed by atoms with Gasteiger partial charge in [-0.1, -0.05) is 37.5 Å². The number of rotatable bonds is 36. The topological polar surface area (TPSA) is 598 Å². The standard InChI is InChI=1S/C56H79BrN16O28P4S4/c1-26(2)28-14-41(69-7-4-39(59)62-52(69)78)94-35(28)22-92-105(109,88-13-12-87-11-10-86-9-6-58)101-33-17-43(71-19-27(3)48(75)67-54(71)80)96-38(33)25-91-104(85,108)100-32-18-45(73-47-46(64-56(73)82)50(77)66-51(61)65-47)97-37(32)24-90-103(84,107)99-31-16-42(70-8-5-40(60)63-53(70)79)95-36(31)23-89-102(83,106)98-30-15-44(93-34(30)21-74)72-20-29(57)49(76)68-55(72)81/h4-5,7-8,19-20,26,28,30-38,41-45,74H,6,9-18,21-25,58H2,1-3H3,(H,64,82)(H,83,106)(H,84,107)(H,85,108)(H2,59,62,78)(H2,60,63,79)(H,67,75,80)(H,68,76,81)(H3,61,65,66,77)/p-3/t28-,30+,31+,32+,33+,34+,35+,36+,37+,38+,41+,42+,43+,44+,45+,102?,103?,104?,105?/m0/s1. The van der Waals surface area contributed by atoms with Crippen LogP contribution in [-0.2, 0) is 126 Å². The molecule has 5 aliphatic heterocycles. The van der Waals surface area contributed by atoms with E-state index in [0.717, 1.165) is 24.5 Å². The third kappa shape index (κ3) is 21.3. The molecule has 0 aromatic carbocycles. The summed E-state index contributed by atoms with van der Waals surface area (Å²) in [5.74, 6) is -0.827. The molecule has 44 nitrogen and oxygen atoms in total. The third-order valence-electron chi connectivity index (χ3n) is 17.7. The minimum absolute atomic E-state index is 0.0114. The molecule has 0 saturated carbocycles. The first-order valence-corrected chi connectivity index (χ1v) is 44.4.